The third kappa shape index (κ3) is 1.69. The van der Waals surface area contributed by atoms with Gasteiger partial charge in [-0.2, -0.15) is 0 Å². The Balaban J connectivity index is 2.22. The molecule has 4 nitrogen and oxygen atoms in total. The summed E-state index contributed by atoms with van der Waals surface area (Å²) in [5.74, 6) is -0.774. The first-order valence-electron chi connectivity index (χ1n) is 6.25. The summed E-state index contributed by atoms with van der Waals surface area (Å²) >= 11 is 0. The van der Waals surface area contributed by atoms with E-state index in [1.54, 1.807) is 0 Å². The van der Waals surface area contributed by atoms with E-state index in [1.165, 1.54) is 11.1 Å². The SMILES string of the molecule is CCn1cc(CC(=O)O)c2cc3c(cc21)CNC3. The number of nitrogens with zero attached hydrogens (tertiary/aromatic N) is 1. The molecule has 2 aromatic rings. The van der Waals surface area contributed by atoms with Crippen molar-refractivity contribution in [2.24, 2.45) is 0 Å². The van der Waals surface area contributed by atoms with Gasteiger partial charge in [-0.25, -0.2) is 0 Å². The molecule has 0 aliphatic carbocycles. The number of aliphatic carboxylic acids is 1. The summed E-state index contributed by atoms with van der Waals surface area (Å²) in [6.45, 7) is 4.74. The predicted octanol–water partition coefficient (Wildman–Crippen LogP) is 1.89. The van der Waals surface area contributed by atoms with Crippen LogP contribution in [0.4, 0.5) is 0 Å². The lowest BCUT2D eigenvalue weighted by atomic mass is 10.0. The van der Waals surface area contributed by atoms with Gasteiger partial charge < -0.3 is 15.0 Å². The molecule has 0 bridgehead atoms. The number of hydrogen-bond acceptors (Lipinski definition) is 2. The molecule has 0 unspecified atom stereocenters. The van der Waals surface area contributed by atoms with E-state index < -0.39 is 5.97 Å². The molecule has 2 heterocycles. The van der Waals surface area contributed by atoms with Crippen LogP contribution in [0.1, 0.15) is 23.6 Å². The maximum atomic E-state index is 10.9. The van der Waals surface area contributed by atoms with E-state index in [0.717, 1.165) is 36.1 Å². The fourth-order valence-corrected chi connectivity index (χ4v) is 2.72. The van der Waals surface area contributed by atoms with Gasteiger partial charge in [0.2, 0.25) is 0 Å². The van der Waals surface area contributed by atoms with Crippen molar-refractivity contribution < 1.29 is 9.90 Å². The molecule has 0 radical (unpaired) electrons. The Morgan fingerprint density at radius 1 is 1.39 bits per heavy atom. The quantitative estimate of drug-likeness (QED) is 0.867. The number of fused-ring (bicyclic) bond motifs is 2. The molecule has 0 fully saturated rings. The van der Waals surface area contributed by atoms with Crippen LogP contribution in [-0.2, 0) is 30.8 Å². The van der Waals surface area contributed by atoms with Gasteiger partial charge in [0.05, 0.1) is 6.42 Å². The Bertz CT molecular complexity index is 628. The normalized spacial score (nSPS) is 14.1. The lowest BCUT2D eigenvalue weighted by Crippen LogP contribution is -2.00. The monoisotopic (exact) mass is 244 g/mol. The highest BCUT2D eigenvalue weighted by molar-refractivity contribution is 5.89. The fraction of sp³-hybridized carbons (Fsp3) is 0.357. The second-order valence-corrected chi connectivity index (χ2v) is 4.75. The number of aryl methyl sites for hydroxylation is 1. The minimum absolute atomic E-state index is 0.0930. The Hall–Kier alpha value is -1.81. The van der Waals surface area contributed by atoms with Crippen molar-refractivity contribution in [3.05, 3.63) is 35.0 Å². The van der Waals surface area contributed by atoms with Gasteiger partial charge in [-0.1, -0.05) is 0 Å². The zero-order valence-corrected chi connectivity index (χ0v) is 10.4. The smallest absolute Gasteiger partial charge is 0.307 e. The second kappa shape index (κ2) is 4.14. The zero-order valence-electron chi connectivity index (χ0n) is 10.4. The molecule has 18 heavy (non-hydrogen) atoms. The number of carbonyl (C=O) groups is 1. The van der Waals surface area contributed by atoms with Gasteiger partial charge in [-0.15, -0.1) is 0 Å². The average molecular weight is 244 g/mol. The average Bonchev–Trinajstić information content (AvgIpc) is 2.90. The van der Waals surface area contributed by atoms with Crippen LogP contribution in [-0.4, -0.2) is 15.6 Å². The van der Waals surface area contributed by atoms with E-state index in [1.807, 2.05) is 6.20 Å². The van der Waals surface area contributed by atoms with E-state index in [9.17, 15) is 4.79 Å². The second-order valence-electron chi connectivity index (χ2n) is 4.75. The van der Waals surface area contributed by atoms with Gasteiger partial charge in [-0.3, -0.25) is 4.79 Å². The van der Waals surface area contributed by atoms with Crippen molar-refractivity contribution >= 4 is 16.9 Å². The molecule has 1 aliphatic heterocycles. The lowest BCUT2D eigenvalue weighted by Gasteiger charge is -2.03. The van der Waals surface area contributed by atoms with E-state index >= 15 is 0 Å². The van der Waals surface area contributed by atoms with Crippen LogP contribution in [0.15, 0.2) is 18.3 Å². The first-order chi connectivity index (χ1) is 8.69. The molecule has 1 aliphatic rings. The number of aromatic nitrogens is 1. The summed E-state index contributed by atoms with van der Waals surface area (Å²) in [5.41, 5.74) is 4.69. The third-order valence-corrected chi connectivity index (χ3v) is 3.60. The van der Waals surface area contributed by atoms with Crippen molar-refractivity contribution in [3.63, 3.8) is 0 Å². The van der Waals surface area contributed by atoms with E-state index in [2.05, 4.69) is 28.9 Å². The Kier molecular flexibility index (Phi) is 2.59. The standard InChI is InChI=1S/C14H16N2O2/c1-2-16-8-11(5-14(17)18)12-3-9-6-15-7-10(9)4-13(12)16/h3-4,8,15H,2,5-7H2,1H3,(H,17,18). The number of carboxylic acids is 1. The summed E-state index contributed by atoms with van der Waals surface area (Å²) in [6, 6.07) is 4.34. The molecule has 3 rings (SSSR count). The lowest BCUT2D eigenvalue weighted by molar-refractivity contribution is -0.136. The van der Waals surface area contributed by atoms with Gasteiger partial charge in [0.15, 0.2) is 0 Å². The number of rotatable bonds is 3. The maximum absolute atomic E-state index is 10.9. The molecule has 4 heteroatoms. The summed E-state index contributed by atoms with van der Waals surface area (Å²) < 4.78 is 2.13. The van der Waals surface area contributed by atoms with Crippen molar-refractivity contribution in [3.8, 4) is 0 Å². The summed E-state index contributed by atoms with van der Waals surface area (Å²) in [7, 11) is 0. The zero-order chi connectivity index (χ0) is 12.7. The Morgan fingerprint density at radius 2 is 2.11 bits per heavy atom. The van der Waals surface area contributed by atoms with Crippen LogP contribution in [0.25, 0.3) is 10.9 Å². The first-order valence-corrected chi connectivity index (χ1v) is 6.25. The summed E-state index contributed by atoms with van der Waals surface area (Å²) in [4.78, 5) is 10.9. The van der Waals surface area contributed by atoms with Crippen molar-refractivity contribution in [1.82, 2.24) is 9.88 Å². The van der Waals surface area contributed by atoms with E-state index in [4.69, 9.17) is 5.11 Å². The molecule has 94 valence electrons. The first kappa shape index (κ1) is 11.3. The van der Waals surface area contributed by atoms with Crippen LogP contribution < -0.4 is 5.32 Å². The van der Waals surface area contributed by atoms with Crippen LogP contribution in [0.5, 0.6) is 0 Å². The molecule has 0 atom stereocenters. The predicted molar refractivity (Wildman–Crippen MR) is 69.5 cm³/mol. The van der Waals surface area contributed by atoms with Crippen molar-refractivity contribution in [2.75, 3.05) is 0 Å². The molecular formula is C14H16N2O2. The fourth-order valence-electron chi connectivity index (χ4n) is 2.72. The van der Waals surface area contributed by atoms with Gasteiger partial charge >= 0.3 is 5.97 Å². The molecular weight excluding hydrogens is 228 g/mol. The molecule has 0 saturated heterocycles. The molecule has 1 aromatic carbocycles. The number of carboxylic acid groups (broad SMARTS) is 1. The van der Waals surface area contributed by atoms with Crippen LogP contribution >= 0.6 is 0 Å². The molecule has 1 aromatic heterocycles. The van der Waals surface area contributed by atoms with Gasteiger partial charge in [0, 0.05) is 36.7 Å². The molecule has 0 amide bonds. The van der Waals surface area contributed by atoms with E-state index in [0.29, 0.717) is 0 Å². The van der Waals surface area contributed by atoms with Gasteiger partial charge in [0.1, 0.15) is 0 Å². The van der Waals surface area contributed by atoms with Crippen LogP contribution in [0.2, 0.25) is 0 Å². The minimum atomic E-state index is -0.774. The number of hydrogen-bond donors (Lipinski definition) is 2. The molecule has 0 spiro atoms. The third-order valence-electron chi connectivity index (χ3n) is 3.60. The number of nitrogens with one attached hydrogen (secondary N) is 1. The molecule has 0 saturated carbocycles. The topological polar surface area (TPSA) is 54.3 Å². The van der Waals surface area contributed by atoms with E-state index in [-0.39, 0.29) is 6.42 Å². The highest BCUT2D eigenvalue weighted by Crippen LogP contribution is 2.28. The van der Waals surface area contributed by atoms with Crippen molar-refractivity contribution in [2.45, 2.75) is 33.0 Å². The highest BCUT2D eigenvalue weighted by Gasteiger charge is 2.16. The molecule has 2 N–H and O–H groups in total. The maximum Gasteiger partial charge on any atom is 0.307 e. The highest BCUT2D eigenvalue weighted by atomic mass is 16.4. The Labute approximate surface area is 105 Å². The largest absolute Gasteiger partial charge is 0.481 e. The van der Waals surface area contributed by atoms with Gasteiger partial charge in [0.25, 0.3) is 0 Å². The van der Waals surface area contributed by atoms with Crippen molar-refractivity contribution in [1.29, 1.82) is 0 Å². The van der Waals surface area contributed by atoms with Crippen LogP contribution in [0, 0.1) is 0 Å². The summed E-state index contributed by atoms with van der Waals surface area (Å²) in [6.07, 6.45) is 2.07. The van der Waals surface area contributed by atoms with Gasteiger partial charge in [-0.05, 0) is 35.7 Å². The Morgan fingerprint density at radius 3 is 2.78 bits per heavy atom. The minimum Gasteiger partial charge on any atom is -0.481 e. The summed E-state index contributed by atoms with van der Waals surface area (Å²) in [5, 5.41) is 13.4. The van der Waals surface area contributed by atoms with Crippen LogP contribution in [0.3, 0.4) is 0 Å². The number of benzene rings is 1.